The molecule has 1 aromatic carbocycles. The Labute approximate surface area is 148 Å². The first-order valence-corrected chi connectivity index (χ1v) is 9.19. The number of hydrogen-bond donors (Lipinski definition) is 2. The number of benzene rings is 1. The van der Waals surface area contributed by atoms with E-state index in [4.69, 9.17) is 32.7 Å². The van der Waals surface area contributed by atoms with Crippen LogP contribution in [0.2, 0.25) is 10.0 Å². The number of ether oxygens (including phenoxy) is 2. The van der Waals surface area contributed by atoms with E-state index in [0.717, 1.165) is 6.07 Å². The molecule has 2 fully saturated rings. The van der Waals surface area contributed by atoms with Gasteiger partial charge in [0.15, 0.2) is 5.75 Å². The van der Waals surface area contributed by atoms with E-state index < -0.39 is 32.3 Å². The third-order valence-electron chi connectivity index (χ3n) is 3.96. The first-order chi connectivity index (χ1) is 11.3. The number of sulfonamides is 1. The molecule has 0 bridgehead atoms. The molecule has 132 valence electrons. The van der Waals surface area contributed by atoms with Crippen molar-refractivity contribution in [3.63, 3.8) is 0 Å². The van der Waals surface area contributed by atoms with Gasteiger partial charge in [0.1, 0.15) is 17.0 Å². The van der Waals surface area contributed by atoms with E-state index in [-0.39, 0.29) is 29.8 Å². The summed E-state index contributed by atoms with van der Waals surface area (Å²) in [7, 11) is -4.11. The molecule has 2 aliphatic rings. The lowest BCUT2D eigenvalue weighted by atomic mass is 10.00. The van der Waals surface area contributed by atoms with Crippen LogP contribution < -0.4 is 4.72 Å². The van der Waals surface area contributed by atoms with Crippen LogP contribution in [0.5, 0.6) is 5.75 Å². The molecule has 0 aliphatic carbocycles. The third kappa shape index (κ3) is 3.02. The van der Waals surface area contributed by atoms with Crippen LogP contribution in [0.15, 0.2) is 17.0 Å². The zero-order valence-electron chi connectivity index (χ0n) is 12.3. The van der Waals surface area contributed by atoms with Gasteiger partial charge in [-0.1, -0.05) is 23.2 Å². The minimum Gasteiger partial charge on any atom is -0.505 e. The lowest BCUT2D eigenvalue weighted by Crippen LogP contribution is -2.61. The van der Waals surface area contributed by atoms with Gasteiger partial charge in [-0.15, -0.1) is 0 Å². The summed E-state index contributed by atoms with van der Waals surface area (Å²) in [6.07, 6.45) is -0.508. The monoisotopic (exact) mass is 396 g/mol. The number of phenolic OH excluding ortho intramolecular Hbond substituents is 1. The van der Waals surface area contributed by atoms with Gasteiger partial charge in [-0.05, 0) is 12.1 Å². The van der Waals surface area contributed by atoms with Gasteiger partial charge < -0.3 is 14.6 Å². The van der Waals surface area contributed by atoms with Crippen LogP contribution in [0.4, 0.5) is 4.79 Å². The van der Waals surface area contributed by atoms with Crippen molar-refractivity contribution in [2.45, 2.75) is 10.4 Å². The van der Waals surface area contributed by atoms with E-state index in [1.807, 2.05) is 0 Å². The van der Waals surface area contributed by atoms with E-state index in [9.17, 15) is 18.3 Å². The molecule has 2 N–H and O–H groups in total. The summed E-state index contributed by atoms with van der Waals surface area (Å²) in [5, 5.41) is 9.79. The van der Waals surface area contributed by atoms with E-state index in [1.165, 1.54) is 11.0 Å². The molecule has 0 radical (unpaired) electrons. The number of amides is 1. The van der Waals surface area contributed by atoms with Crippen molar-refractivity contribution >= 4 is 39.3 Å². The van der Waals surface area contributed by atoms with Crippen LogP contribution in [0.1, 0.15) is 0 Å². The zero-order chi connectivity index (χ0) is 17.5. The van der Waals surface area contributed by atoms with Crippen molar-refractivity contribution in [1.29, 1.82) is 0 Å². The molecule has 1 amide bonds. The van der Waals surface area contributed by atoms with E-state index in [0.29, 0.717) is 13.2 Å². The number of cyclic esters (lactones) is 1. The standard InChI is InChI=1S/C13H14Cl2N2O6S/c14-8-3-9(15)11(18)10(4-8)24(20,21)16-5-13-6-22-2-1-17(13)12(19)23-7-13/h3-4,16,18H,1-2,5-7H2. The third-order valence-corrected chi connectivity index (χ3v) is 5.88. The minimum atomic E-state index is -4.11. The molecule has 1 aromatic rings. The number of morpholine rings is 1. The topological polar surface area (TPSA) is 105 Å². The summed E-state index contributed by atoms with van der Waals surface area (Å²) < 4.78 is 37.7. The molecule has 2 heterocycles. The minimum absolute atomic E-state index is 0.0106. The van der Waals surface area contributed by atoms with Crippen molar-refractivity contribution in [2.24, 2.45) is 0 Å². The quantitative estimate of drug-likeness (QED) is 0.791. The maximum absolute atomic E-state index is 12.5. The van der Waals surface area contributed by atoms with Crippen LogP contribution in [-0.4, -0.2) is 63.0 Å². The van der Waals surface area contributed by atoms with Crippen molar-refractivity contribution in [1.82, 2.24) is 9.62 Å². The fourth-order valence-corrected chi connectivity index (χ4v) is 4.54. The second kappa shape index (κ2) is 6.23. The summed E-state index contributed by atoms with van der Waals surface area (Å²) in [6.45, 7) is 0.688. The van der Waals surface area contributed by atoms with Crippen molar-refractivity contribution in [3.05, 3.63) is 22.2 Å². The van der Waals surface area contributed by atoms with Crippen molar-refractivity contribution in [3.8, 4) is 5.75 Å². The molecule has 8 nitrogen and oxygen atoms in total. The summed E-state index contributed by atoms with van der Waals surface area (Å²) >= 11 is 11.6. The SMILES string of the molecule is O=C1OCC2(CNS(=O)(=O)c3cc(Cl)cc(Cl)c3O)COCCN12. The van der Waals surface area contributed by atoms with Crippen LogP contribution in [0.3, 0.4) is 0 Å². The molecule has 1 atom stereocenters. The highest BCUT2D eigenvalue weighted by molar-refractivity contribution is 7.89. The molecular weight excluding hydrogens is 383 g/mol. The van der Waals surface area contributed by atoms with Crippen LogP contribution >= 0.6 is 23.2 Å². The lowest BCUT2D eigenvalue weighted by molar-refractivity contribution is -0.0243. The molecule has 24 heavy (non-hydrogen) atoms. The number of fused-ring (bicyclic) bond motifs is 1. The van der Waals surface area contributed by atoms with Crippen molar-refractivity contribution in [2.75, 3.05) is 32.9 Å². The first-order valence-electron chi connectivity index (χ1n) is 6.95. The predicted octanol–water partition coefficient (Wildman–Crippen LogP) is 1.20. The molecule has 11 heteroatoms. The largest absolute Gasteiger partial charge is 0.505 e. The Balaban J connectivity index is 1.84. The average molecular weight is 397 g/mol. The molecule has 0 spiro atoms. The second-order valence-electron chi connectivity index (χ2n) is 5.54. The smallest absolute Gasteiger partial charge is 0.410 e. The van der Waals surface area contributed by atoms with Gasteiger partial charge in [0.25, 0.3) is 0 Å². The molecule has 0 aromatic heterocycles. The number of carbonyl (C=O) groups is 1. The molecular formula is C13H14Cl2N2O6S. The average Bonchev–Trinajstić information content (AvgIpc) is 2.87. The van der Waals surface area contributed by atoms with Gasteiger partial charge in [-0.3, -0.25) is 4.90 Å². The van der Waals surface area contributed by atoms with Gasteiger partial charge in [0.05, 0.1) is 18.2 Å². The van der Waals surface area contributed by atoms with E-state index >= 15 is 0 Å². The Bertz CT molecular complexity index is 787. The number of nitrogens with one attached hydrogen (secondary N) is 1. The number of rotatable bonds is 4. The number of halogens is 2. The molecule has 3 rings (SSSR count). The van der Waals surface area contributed by atoms with Crippen LogP contribution in [0, 0.1) is 0 Å². The Morgan fingerprint density at radius 2 is 2.08 bits per heavy atom. The number of phenols is 1. The fourth-order valence-electron chi connectivity index (χ4n) is 2.66. The Morgan fingerprint density at radius 3 is 2.83 bits per heavy atom. The van der Waals surface area contributed by atoms with Crippen molar-refractivity contribution < 1.29 is 27.8 Å². The number of aromatic hydroxyl groups is 1. The molecule has 2 saturated heterocycles. The highest BCUT2D eigenvalue weighted by Crippen LogP contribution is 2.34. The highest BCUT2D eigenvalue weighted by atomic mass is 35.5. The summed E-state index contributed by atoms with van der Waals surface area (Å²) in [6, 6.07) is 2.32. The highest BCUT2D eigenvalue weighted by Gasteiger charge is 2.50. The molecule has 0 saturated carbocycles. The van der Waals surface area contributed by atoms with Gasteiger partial charge in [0, 0.05) is 18.1 Å². The Kier molecular flexibility index (Phi) is 4.56. The fraction of sp³-hybridized carbons (Fsp3) is 0.462. The maximum Gasteiger partial charge on any atom is 0.410 e. The van der Waals surface area contributed by atoms with Gasteiger partial charge in [-0.2, -0.15) is 0 Å². The summed E-state index contributed by atoms with van der Waals surface area (Å²) in [5.41, 5.74) is -0.916. The Hall–Kier alpha value is -1.26. The van der Waals surface area contributed by atoms with E-state index in [2.05, 4.69) is 4.72 Å². The van der Waals surface area contributed by atoms with Crippen LogP contribution in [0.25, 0.3) is 0 Å². The summed E-state index contributed by atoms with van der Waals surface area (Å²) in [5.74, 6) is -0.596. The van der Waals surface area contributed by atoms with E-state index in [1.54, 1.807) is 0 Å². The number of nitrogens with zero attached hydrogens (tertiary/aromatic N) is 1. The van der Waals surface area contributed by atoms with Crippen LogP contribution in [-0.2, 0) is 19.5 Å². The number of hydrogen-bond acceptors (Lipinski definition) is 6. The zero-order valence-corrected chi connectivity index (χ0v) is 14.6. The molecule has 1 unspecified atom stereocenters. The summed E-state index contributed by atoms with van der Waals surface area (Å²) in [4.78, 5) is 12.8. The Morgan fingerprint density at radius 1 is 1.33 bits per heavy atom. The molecule has 2 aliphatic heterocycles. The van der Waals surface area contributed by atoms with Gasteiger partial charge >= 0.3 is 6.09 Å². The van der Waals surface area contributed by atoms with Gasteiger partial charge in [0.2, 0.25) is 10.0 Å². The lowest BCUT2D eigenvalue weighted by Gasteiger charge is -2.38. The van der Waals surface area contributed by atoms with Gasteiger partial charge in [-0.25, -0.2) is 17.9 Å². The number of carbonyl (C=O) groups excluding carboxylic acids is 1. The normalized spacial score (nSPS) is 23.9. The predicted molar refractivity (Wildman–Crippen MR) is 84.9 cm³/mol. The second-order valence-corrected chi connectivity index (χ2v) is 8.12. The first kappa shape index (κ1) is 17.6. The maximum atomic E-state index is 12.5.